The average Bonchev–Trinajstić information content (AvgIpc) is 2.77. The molecular formula is C16H20F3NO4. The number of carbonyl (C=O) groups excluding carboxylic acids is 1. The number of hydrogen-bond acceptors (Lipinski definition) is 4. The van der Waals surface area contributed by atoms with E-state index in [-0.39, 0.29) is 6.42 Å². The molecule has 0 aromatic heterocycles. The van der Waals surface area contributed by atoms with Gasteiger partial charge in [-0.1, -0.05) is 30.3 Å². The molecule has 0 saturated carbocycles. The van der Waals surface area contributed by atoms with Gasteiger partial charge < -0.3 is 14.6 Å². The third-order valence-corrected chi connectivity index (χ3v) is 3.56. The van der Waals surface area contributed by atoms with Gasteiger partial charge in [0.1, 0.15) is 18.4 Å². The minimum absolute atomic E-state index is 0.226. The van der Waals surface area contributed by atoms with Crippen LogP contribution in [0.25, 0.3) is 0 Å². The number of aliphatic hydroxyl groups is 1. The van der Waals surface area contributed by atoms with Gasteiger partial charge in [-0.25, -0.2) is 4.79 Å². The van der Waals surface area contributed by atoms with Crippen LogP contribution in [0.2, 0.25) is 0 Å². The number of amides is 1. The first-order chi connectivity index (χ1) is 10.9. The van der Waals surface area contributed by atoms with E-state index >= 15 is 0 Å². The van der Waals surface area contributed by atoms with Gasteiger partial charge in [-0.05, 0) is 32.8 Å². The lowest BCUT2D eigenvalue weighted by Crippen LogP contribution is -2.57. The van der Waals surface area contributed by atoms with Gasteiger partial charge in [-0.2, -0.15) is 13.2 Å². The van der Waals surface area contributed by atoms with Gasteiger partial charge in [0.2, 0.25) is 0 Å². The van der Waals surface area contributed by atoms with Crippen LogP contribution in [-0.4, -0.2) is 46.4 Å². The minimum atomic E-state index is -5.05. The largest absolute Gasteiger partial charge is 0.445 e. The Morgan fingerprint density at radius 2 is 1.92 bits per heavy atom. The number of ether oxygens (including phenoxy) is 2. The number of benzene rings is 1. The summed E-state index contributed by atoms with van der Waals surface area (Å²) < 4.78 is 49.7. The maximum Gasteiger partial charge on any atom is 0.445 e. The Kier molecular flexibility index (Phi) is 4.83. The zero-order valence-corrected chi connectivity index (χ0v) is 13.6. The van der Waals surface area contributed by atoms with Crippen molar-refractivity contribution in [2.24, 2.45) is 0 Å². The molecule has 1 aromatic carbocycles. The fourth-order valence-electron chi connectivity index (χ4n) is 2.42. The summed E-state index contributed by atoms with van der Waals surface area (Å²) in [7, 11) is 0. The molecule has 0 aliphatic carbocycles. The minimum Gasteiger partial charge on any atom is -0.444 e. The maximum atomic E-state index is 13.3. The smallest absolute Gasteiger partial charge is 0.444 e. The van der Waals surface area contributed by atoms with Crippen molar-refractivity contribution < 1.29 is 32.5 Å². The van der Waals surface area contributed by atoms with Crippen LogP contribution >= 0.6 is 0 Å². The van der Waals surface area contributed by atoms with Crippen molar-refractivity contribution >= 4 is 6.09 Å². The lowest BCUT2D eigenvalue weighted by atomic mass is 9.98. The third-order valence-electron chi connectivity index (χ3n) is 3.56. The van der Waals surface area contributed by atoms with Gasteiger partial charge in [-0.3, -0.25) is 4.90 Å². The normalized spacial score (nSPS) is 25.0. The standard InChI is InChI=1S/C16H20F3NO4/c1-14(2,3)24-13(21)20-10-23-15(22,16(17,18)19)12(20)9-11-7-5-4-6-8-11/h4-8,12,22H,9-10H2,1-3H3/t12-,15?/m0/s1. The molecule has 1 aromatic rings. The molecule has 2 rings (SSSR count). The highest BCUT2D eigenvalue weighted by Gasteiger charge is 2.66. The number of nitrogens with zero attached hydrogens (tertiary/aromatic N) is 1. The molecular weight excluding hydrogens is 327 g/mol. The summed E-state index contributed by atoms with van der Waals surface area (Å²) in [4.78, 5) is 13.0. The van der Waals surface area contributed by atoms with E-state index in [0.717, 1.165) is 4.90 Å². The third kappa shape index (κ3) is 3.81. The number of hydrogen-bond donors (Lipinski definition) is 1. The molecule has 1 saturated heterocycles. The highest BCUT2D eigenvalue weighted by Crippen LogP contribution is 2.42. The van der Waals surface area contributed by atoms with Crippen molar-refractivity contribution in [1.82, 2.24) is 4.90 Å². The Hall–Kier alpha value is -1.80. The van der Waals surface area contributed by atoms with Crippen molar-refractivity contribution in [3.8, 4) is 0 Å². The van der Waals surface area contributed by atoms with Crippen molar-refractivity contribution in [2.45, 2.75) is 50.8 Å². The Bertz CT molecular complexity index is 585. The first kappa shape index (κ1) is 18.5. The van der Waals surface area contributed by atoms with E-state index in [2.05, 4.69) is 4.74 Å². The van der Waals surface area contributed by atoms with Crippen LogP contribution in [-0.2, 0) is 15.9 Å². The number of rotatable bonds is 2. The Morgan fingerprint density at radius 1 is 1.33 bits per heavy atom. The molecule has 134 valence electrons. The lowest BCUT2D eigenvalue weighted by molar-refractivity contribution is -0.354. The van der Waals surface area contributed by atoms with Gasteiger partial charge in [0.25, 0.3) is 5.79 Å². The predicted molar refractivity (Wildman–Crippen MR) is 79.0 cm³/mol. The summed E-state index contributed by atoms with van der Waals surface area (Å²) in [6, 6.07) is 6.63. The van der Waals surface area contributed by atoms with Crippen LogP contribution < -0.4 is 0 Å². The molecule has 2 atom stereocenters. The zero-order chi connectivity index (χ0) is 18.2. The molecule has 8 heteroatoms. The molecule has 1 amide bonds. The molecule has 24 heavy (non-hydrogen) atoms. The lowest BCUT2D eigenvalue weighted by Gasteiger charge is -2.33. The monoisotopic (exact) mass is 347 g/mol. The van der Waals surface area contributed by atoms with Gasteiger partial charge in [0.15, 0.2) is 0 Å². The number of carbonyl (C=O) groups is 1. The van der Waals surface area contributed by atoms with E-state index in [1.54, 1.807) is 51.1 Å². The topological polar surface area (TPSA) is 59.0 Å². The summed E-state index contributed by atoms with van der Waals surface area (Å²) in [6.07, 6.45) is -6.25. The second kappa shape index (κ2) is 6.25. The first-order valence-corrected chi connectivity index (χ1v) is 7.40. The molecule has 1 aliphatic rings. The van der Waals surface area contributed by atoms with Gasteiger partial charge >= 0.3 is 12.3 Å². The summed E-state index contributed by atoms with van der Waals surface area (Å²) in [6.45, 7) is 4.10. The van der Waals surface area contributed by atoms with Crippen LogP contribution in [0.1, 0.15) is 26.3 Å². The second-order valence-corrected chi connectivity index (χ2v) is 6.62. The van der Waals surface area contributed by atoms with E-state index in [4.69, 9.17) is 4.74 Å². The van der Waals surface area contributed by atoms with Crippen molar-refractivity contribution in [1.29, 1.82) is 0 Å². The first-order valence-electron chi connectivity index (χ1n) is 7.40. The Morgan fingerprint density at radius 3 is 2.42 bits per heavy atom. The van der Waals surface area contributed by atoms with Crippen LogP contribution in [0.3, 0.4) is 0 Å². The fourth-order valence-corrected chi connectivity index (χ4v) is 2.42. The highest BCUT2D eigenvalue weighted by atomic mass is 19.4. The zero-order valence-electron chi connectivity index (χ0n) is 13.6. The molecule has 1 heterocycles. The van der Waals surface area contributed by atoms with Crippen molar-refractivity contribution in [2.75, 3.05) is 6.73 Å². The van der Waals surface area contributed by atoms with E-state index in [9.17, 15) is 23.1 Å². The molecule has 1 N–H and O–H groups in total. The quantitative estimate of drug-likeness (QED) is 0.893. The fraction of sp³-hybridized carbons (Fsp3) is 0.562. The Balaban J connectivity index is 2.32. The summed E-state index contributed by atoms with van der Waals surface area (Å²) in [5, 5.41) is 10.1. The number of alkyl halides is 3. The SMILES string of the molecule is CC(C)(C)OC(=O)N1COC(O)(C(F)(F)F)[C@@H]1Cc1ccccc1. The summed E-state index contributed by atoms with van der Waals surface area (Å²) in [5.74, 6) is -3.44. The summed E-state index contributed by atoms with van der Waals surface area (Å²) in [5.41, 5.74) is -0.350. The van der Waals surface area contributed by atoms with E-state index < -0.39 is 36.4 Å². The molecule has 5 nitrogen and oxygen atoms in total. The van der Waals surface area contributed by atoms with E-state index in [1.165, 1.54) is 0 Å². The van der Waals surface area contributed by atoms with Gasteiger partial charge in [0, 0.05) is 0 Å². The highest BCUT2D eigenvalue weighted by molar-refractivity contribution is 5.69. The predicted octanol–water partition coefficient (Wildman–Crippen LogP) is 3.07. The molecule has 1 unspecified atom stereocenters. The molecule has 1 fully saturated rings. The van der Waals surface area contributed by atoms with Gasteiger partial charge in [-0.15, -0.1) is 0 Å². The molecule has 0 spiro atoms. The van der Waals surface area contributed by atoms with E-state index in [0.29, 0.717) is 5.56 Å². The van der Waals surface area contributed by atoms with Crippen LogP contribution in [0.4, 0.5) is 18.0 Å². The van der Waals surface area contributed by atoms with Crippen molar-refractivity contribution in [3.05, 3.63) is 35.9 Å². The maximum absolute atomic E-state index is 13.3. The Labute approximate surface area is 138 Å². The molecule has 0 radical (unpaired) electrons. The van der Waals surface area contributed by atoms with Crippen molar-refractivity contribution in [3.63, 3.8) is 0 Å². The van der Waals surface area contributed by atoms with Crippen LogP contribution in [0.5, 0.6) is 0 Å². The van der Waals surface area contributed by atoms with Crippen LogP contribution in [0, 0.1) is 0 Å². The van der Waals surface area contributed by atoms with Gasteiger partial charge in [0.05, 0.1) is 0 Å². The van der Waals surface area contributed by atoms with Crippen LogP contribution in [0.15, 0.2) is 30.3 Å². The average molecular weight is 347 g/mol. The molecule has 1 aliphatic heterocycles. The number of halogens is 3. The second-order valence-electron chi connectivity index (χ2n) is 6.62. The van der Waals surface area contributed by atoms with E-state index in [1.807, 2.05) is 0 Å². The molecule has 0 bridgehead atoms. The summed E-state index contributed by atoms with van der Waals surface area (Å²) >= 11 is 0.